The van der Waals surface area contributed by atoms with Gasteiger partial charge in [0.2, 0.25) is 0 Å². The zero-order valence-corrected chi connectivity index (χ0v) is 5.73. The van der Waals surface area contributed by atoms with Crippen molar-refractivity contribution < 1.29 is 35.1 Å². The lowest BCUT2D eigenvalue weighted by Gasteiger charge is -1.97. The van der Waals surface area contributed by atoms with Crippen LogP contribution < -0.4 is 0 Å². The highest BCUT2D eigenvalue weighted by molar-refractivity contribution is 4.88. The third-order valence-corrected chi connectivity index (χ3v) is 0.450. The Morgan fingerprint density at radius 2 is 0.923 bits per heavy atom. The van der Waals surface area contributed by atoms with E-state index in [2.05, 4.69) is 0 Å². The maximum Gasteiger partial charge on any atom is 0.442 e. The summed E-state index contributed by atoms with van der Waals surface area (Å²) in [5.41, 5.74) is 0. The Labute approximate surface area is 67.1 Å². The summed E-state index contributed by atoms with van der Waals surface area (Å²) in [6, 6.07) is 0. The van der Waals surface area contributed by atoms with Gasteiger partial charge in [-0.3, -0.25) is 0 Å². The lowest BCUT2D eigenvalue weighted by atomic mass is 10.6. The molecule has 0 bridgehead atoms. The van der Waals surface area contributed by atoms with Gasteiger partial charge < -0.3 is 0 Å². The molecule has 0 nitrogen and oxygen atoms in total. The predicted molar refractivity (Wildman–Crippen MR) is 27.8 cm³/mol. The van der Waals surface area contributed by atoms with Crippen molar-refractivity contribution in [1.29, 1.82) is 0 Å². The van der Waals surface area contributed by atoms with Crippen molar-refractivity contribution in [3.8, 4) is 0 Å². The van der Waals surface area contributed by atoms with Gasteiger partial charge in [0.1, 0.15) is 0 Å². The van der Waals surface area contributed by atoms with Gasteiger partial charge in [-0.05, 0) is 0 Å². The molecule has 0 amide bonds. The van der Waals surface area contributed by atoms with E-state index in [1.54, 1.807) is 0 Å². The Morgan fingerprint density at radius 1 is 0.769 bits per heavy atom. The molecule has 0 N–H and O–H groups in total. The molecule has 0 aromatic carbocycles. The van der Waals surface area contributed by atoms with E-state index in [1.165, 1.54) is 0 Å². The summed E-state index contributed by atoms with van der Waals surface area (Å²) in [7, 11) is 0. The van der Waals surface area contributed by atoms with Crippen molar-refractivity contribution in [3.63, 3.8) is 0 Å². The molecule has 0 aromatic rings. The molecule has 0 aliphatic carbocycles. The lowest BCUT2D eigenvalue weighted by molar-refractivity contribution is -0.108. The van der Waals surface area contributed by atoms with E-state index in [4.69, 9.17) is 0 Å². The van der Waals surface area contributed by atoms with Crippen LogP contribution in [0.2, 0.25) is 0 Å². The minimum absolute atomic E-state index is 2.03. The van der Waals surface area contributed by atoms with Crippen LogP contribution in [0.3, 0.4) is 0 Å². The summed E-state index contributed by atoms with van der Waals surface area (Å²) in [5, 5.41) is 0. The van der Waals surface area contributed by atoms with Crippen LogP contribution in [0.5, 0.6) is 0 Å². The van der Waals surface area contributed by atoms with Crippen molar-refractivity contribution >= 4 is 0 Å². The minimum Gasteiger partial charge on any atom is -0.202 e. The maximum absolute atomic E-state index is 10.9. The summed E-state index contributed by atoms with van der Waals surface area (Å²) in [5.74, 6) is -2.26. The fraction of sp³-hybridized carbons (Fsp3) is 0.200. The number of hydrogen-bond donors (Lipinski definition) is 0. The van der Waals surface area contributed by atoms with Gasteiger partial charge in [0.15, 0.2) is 5.83 Å². The maximum atomic E-state index is 10.9. The van der Waals surface area contributed by atoms with Gasteiger partial charge in [0.05, 0.1) is 0 Å². The first-order valence-electron chi connectivity index (χ1n) is 2.37. The highest BCUT2D eigenvalue weighted by atomic mass is 19.4. The van der Waals surface area contributed by atoms with Crippen molar-refractivity contribution in [1.82, 2.24) is 0 Å². The first-order valence-corrected chi connectivity index (χ1v) is 2.37. The fourth-order valence-corrected chi connectivity index (χ4v) is 0. The van der Waals surface area contributed by atoms with Crippen LogP contribution in [0.4, 0.5) is 35.1 Å². The highest BCUT2D eigenvalue weighted by Crippen LogP contribution is 2.23. The largest absolute Gasteiger partial charge is 0.442 e. The first-order chi connectivity index (χ1) is 5.59. The summed E-state index contributed by atoms with van der Waals surface area (Å²) in [4.78, 5) is 0. The molecule has 0 heterocycles. The van der Waals surface area contributed by atoms with E-state index in [0.717, 1.165) is 0 Å². The molecule has 0 radical (unpaired) electrons. The average molecular weight is 214 g/mol. The minimum atomic E-state index is -4.86. The number of allylic oxidation sites excluding steroid dienone is 1. The number of rotatable bonds is 0. The number of hydrogen-bond acceptors (Lipinski definition) is 0. The van der Waals surface area contributed by atoms with E-state index < -0.39 is 24.2 Å². The molecule has 0 aromatic heterocycles. The van der Waals surface area contributed by atoms with Gasteiger partial charge in [-0.15, -0.1) is 0 Å². The monoisotopic (exact) mass is 214 g/mol. The van der Waals surface area contributed by atoms with Gasteiger partial charge in [0, 0.05) is 0 Å². The Hall–Kier alpha value is -1.08. The summed E-state index contributed by atoms with van der Waals surface area (Å²) in [6.45, 7) is 2.03. The van der Waals surface area contributed by atoms with Crippen LogP contribution in [-0.4, -0.2) is 6.18 Å². The Morgan fingerprint density at radius 3 is 0.923 bits per heavy atom. The topological polar surface area (TPSA) is 0 Å². The van der Waals surface area contributed by atoms with Crippen LogP contribution in [0.25, 0.3) is 0 Å². The van der Waals surface area contributed by atoms with Crippen molar-refractivity contribution in [2.24, 2.45) is 0 Å². The van der Waals surface area contributed by atoms with E-state index in [0.29, 0.717) is 0 Å². The van der Waals surface area contributed by atoms with E-state index in [9.17, 15) is 35.1 Å². The summed E-state index contributed by atoms with van der Waals surface area (Å²) >= 11 is 0. The molecule has 78 valence electrons. The lowest BCUT2D eigenvalue weighted by Crippen LogP contribution is -2.05. The van der Waals surface area contributed by atoms with Crippen molar-refractivity contribution in [2.75, 3.05) is 0 Å². The molecule has 0 fully saturated rings. The predicted octanol–water partition coefficient (Wildman–Crippen LogP) is 4.02. The molecule has 8 heteroatoms. The average Bonchev–Trinajstić information content (AvgIpc) is 1.86. The Kier molecular flexibility index (Phi) is 6.16. The van der Waals surface area contributed by atoms with E-state index in [1.807, 2.05) is 6.58 Å². The molecule has 13 heavy (non-hydrogen) atoms. The molecule has 0 saturated heterocycles. The summed E-state index contributed by atoms with van der Waals surface area (Å²) in [6.07, 6.45) is -10.7. The number of halogens is 8. The summed E-state index contributed by atoms with van der Waals surface area (Å²) < 4.78 is 84.1. The van der Waals surface area contributed by atoms with Gasteiger partial charge >= 0.3 is 18.3 Å². The fourth-order valence-electron chi connectivity index (χ4n) is 0. The molecule has 0 atom stereocenters. The molecule has 0 spiro atoms. The number of alkyl halides is 3. The molecule has 0 rings (SSSR count). The van der Waals surface area contributed by atoms with Gasteiger partial charge in [0.25, 0.3) is 0 Å². The SMILES string of the molecule is C=C(F)C(F)(F)F.FC(F)=C(F)F. The van der Waals surface area contributed by atoms with Crippen LogP contribution in [0.1, 0.15) is 0 Å². The second-order valence-electron chi connectivity index (χ2n) is 1.42. The normalized spacial score (nSPS) is 9.85. The zero-order chi connectivity index (χ0) is 11.2. The molecule has 0 aliphatic rings. The van der Waals surface area contributed by atoms with Crippen LogP contribution in [0.15, 0.2) is 24.6 Å². The Bertz CT molecular complexity index is 181. The zero-order valence-electron chi connectivity index (χ0n) is 5.73. The van der Waals surface area contributed by atoms with Gasteiger partial charge in [-0.2, -0.15) is 30.7 Å². The van der Waals surface area contributed by atoms with Gasteiger partial charge in [-0.25, -0.2) is 4.39 Å². The molecule has 0 aliphatic heterocycles. The van der Waals surface area contributed by atoms with Crippen LogP contribution in [-0.2, 0) is 0 Å². The van der Waals surface area contributed by atoms with Crippen molar-refractivity contribution in [2.45, 2.75) is 6.18 Å². The van der Waals surface area contributed by atoms with Crippen LogP contribution in [0, 0.1) is 0 Å². The van der Waals surface area contributed by atoms with E-state index >= 15 is 0 Å². The smallest absolute Gasteiger partial charge is 0.202 e. The second-order valence-corrected chi connectivity index (χ2v) is 1.42. The first kappa shape index (κ1) is 14.4. The molecule has 0 unspecified atom stereocenters. The van der Waals surface area contributed by atoms with Crippen LogP contribution >= 0.6 is 0 Å². The third kappa shape index (κ3) is 10.9. The molecular formula is C5H2F8. The molecule has 0 saturated carbocycles. The third-order valence-electron chi connectivity index (χ3n) is 0.450. The quantitative estimate of drug-likeness (QED) is 0.534. The van der Waals surface area contributed by atoms with E-state index in [-0.39, 0.29) is 0 Å². The highest BCUT2D eigenvalue weighted by Gasteiger charge is 2.32. The van der Waals surface area contributed by atoms with Gasteiger partial charge in [-0.1, -0.05) is 6.58 Å². The Balaban J connectivity index is 0. The molecular weight excluding hydrogens is 212 g/mol. The standard InChI is InChI=1S/C3H2F4.C2F4/c1-2(4)3(5,6)7;3-1(4)2(5)6/h1H2;. The second kappa shape index (κ2) is 5.55. The van der Waals surface area contributed by atoms with Crippen molar-refractivity contribution in [3.05, 3.63) is 24.6 Å².